The molecule has 2 aromatic heterocycles. The zero-order valence-electron chi connectivity index (χ0n) is 10.5. The lowest BCUT2D eigenvalue weighted by molar-refractivity contribution is 0.281. The highest BCUT2D eigenvalue weighted by molar-refractivity contribution is 6.31. The highest BCUT2D eigenvalue weighted by Crippen LogP contribution is 2.24. The molecular formula is C15H13ClN2O. The van der Waals surface area contributed by atoms with Gasteiger partial charge in [-0.15, -0.1) is 0 Å². The first-order chi connectivity index (χ1) is 9.17. The van der Waals surface area contributed by atoms with Crippen LogP contribution in [0.5, 0.6) is 0 Å². The van der Waals surface area contributed by atoms with Gasteiger partial charge in [-0.25, -0.2) is 4.98 Å². The van der Waals surface area contributed by atoms with E-state index in [-0.39, 0.29) is 6.61 Å². The van der Waals surface area contributed by atoms with Crippen LogP contribution < -0.4 is 0 Å². The van der Waals surface area contributed by atoms with Gasteiger partial charge in [0.25, 0.3) is 0 Å². The van der Waals surface area contributed by atoms with Crippen LogP contribution in [0, 0.1) is 6.92 Å². The van der Waals surface area contributed by atoms with Crippen molar-refractivity contribution < 1.29 is 5.11 Å². The first-order valence-corrected chi connectivity index (χ1v) is 6.40. The van der Waals surface area contributed by atoms with Crippen molar-refractivity contribution in [3.8, 4) is 11.3 Å². The zero-order valence-corrected chi connectivity index (χ0v) is 11.2. The molecule has 0 unspecified atom stereocenters. The summed E-state index contributed by atoms with van der Waals surface area (Å²) in [5.74, 6) is 0. The van der Waals surface area contributed by atoms with Crippen molar-refractivity contribution in [3.05, 3.63) is 58.9 Å². The van der Waals surface area contributed by atoms with Crippen molar-refractivity contribution in [2.75, 3.05) is 0 Å². The van der Waals surface area contributed by atoms with Crippen molar-refractivity contribution in [3.63, 3.8) is 0 Å². The number of hydrogen-bond acceptors (Lipinski definition) is 2. The Kier molecular flexibility index (Phi) is 3.01. The van der Waals surface area contributed by atoms with Crippen LogP contribution in [-0.4, -0.2) is 14.5 Å². The van der Waals surface area contributed by atoms with E-state index in [2.05, 4.69) is 4.98 Å². The Morgan fingerprint density at radius 1 is 1.21 bits per heavy atom. The molecular weight excluding hydrogens is 260 g/mol. The predicted molar refractivity (Wildman–Crippen MR) is 76.3 cm³/mol. The maximum absolute atomic E-state index is 9.14. The fourth-order valence-electron chi connectivity index (χ4n) is 2.07. The summed E-state index contributed by atoms with van der Waals surface area (Å²) < 4.78 is 1.92. The van der Waals surface area contributed by atoms with Gasteiger partial charge in [0, 0.05) is 23.0 Å². The molecule has 3 rings (SSSR count). The summed E-state index contributed by atoms with van der Waals surface area (Å²) in [6, 6.07) is 9.65. The van der Waals surface area contributed by atoms with E-state index in [1.165, 1.54) is 0 Å². The van der Waals surface area contributed by atoms with Crippen molar-refractivity contribution in [1.82, 2.24) is 9.38 Å². The monoisotopic (exact) mass is 272 g/mol. The average molecular weight is 273 g/mol. The summed E-state index contributed by atoms with van der Waals surface area (Å²) in [5, 5.41) is 9.90. The molecule has 1 aromatic carbocycles. The Hall–Kier alpha value is -1.84. The van der Waals surface area contributed by atoms with Gasteiger partial charge < -0.3 is 9.51 Å². The van der Waals surface area contributed by atoms with Crippen molar-refractivity contribution >= 4 is 17.2 Å². The Bertz CT molecular complexity index is 749. The first kappa shape index (κ1) is 12.2. The smallest absolute Gasteiger partial charge is 0.137 e. The first-order valence-electron chi connectivity index (χ1n) is 6.02. The van der Waals surface area contributed by atoms with E-state index in [4.69, 9.17) is 16.7 Å². The molecule has 0 saturated heterocycles. The van der Waals surface area contributed by atoms with Crippen molar-refractivity contribution in [2.24, 2.45) is 0 Å². The third-order valence-electron chi connectivity index (χ3n) is 3.15. The second-order valence-electron chi connectivity index (χ2n) is 4.55. The van der Waals surface area contributed by atoms with E-state index in [0.717, 1.165) is 33.1 Å². The summed E-state index contributed by atoms with van der Waals surface area (Å²) in [7, 11) is 0. The topological polar surface area (TPSA) is 37.5 Å². The van der Waals surface area contributed by atoms with Crippen LogP contribution in [0.1, 0.15) is 11.1 Å². The molecule has 0 radical (unpaired) electrons. The fourth-order valence-corrected chi connectivity index (χ4v) is 2.19. The maximum atomic E-state index is 9.14. The standard InChI is InChI=1S/C15H13ClN2O/c1-10-6-12(3-4-13(10)16)14-8-18-7-11(9-19)2-5-15(18)17-14/h2-8,19H,9H2,1H3. The number of aromatic nitrogens is 2. The lowest BCUT2D eigenvalue weighted by Gasteiger charge is -2.00. The van der Waals surface area contributed by atoms with Gasteiger partial charge in [-0.2, -0.15) is 0 Å². The number of hydrogen-bond donors (Lipinski definition) is 1. The number of nitrogens with zero attached hydrogens (tertiary/aromatic N) is 2. The summed E-state index contributed by atoms with van der Waals surface area (Å²) in [5.41, 5.74) is 4.70. The normalized spacial score (nSPS) is 11.1. The van der Waals surface area contributed by atoms with Crippen molar-refractivity contribution in [1.29, 1.82) is 0 Å². The van der Waals surface area contributed by atoms with Gasteiger partial charge in [-0.1, -0.05) is 23.7 Å². The number of halogens is 1. The number of pyridine rings is 1. The summed E-state index contributed by atoms with van der Waals surface area (Å²) in [6.45, 7) is 2.01. The fraction of sp³-hybridized carbons (Fsp3) is 0.133. The quantitative estimate of drug-likeness (QED) is 0.776. The second kappa shape index (κ2) is 4.68. The molecule has 0 amide bonds. The highest BCUT2D eigenvalue weighted by atomic mass is 35.5. The van der Waals surface area contributed by atoms with Crippen LogP contribution in [-0.2, 0) is 6.61 Å². The molecule has 0 saturated carbocycles. The summed E-state index contributed by atoms with van der Waals surface area (Å²) >= 11 is 6.03. The van der Waals surface area contributed by atoms with Gasteiger partial charge in [0.1, 0.15) is 5.65 Å². The van der Waals surface area contributed by atoms with Gasteiger partial charge in [0.05, 0.1) is 12.3 Å². The van der Waals surface area contributed by atoms with E-state index in [1.807, 2.05) is 54.0 Å². The molecule has 0 fully saturated rings. The molecule has 0 aliphatic heterocycles. The number of fused-ring (bicyclic) bond motifs is 1. The lowest BCUT2D eigenvalue weighted by atomic mass is 10.1. The molecule has 19 heavy (non-hydrogen) atoms. The minimum absolute atomic E-state index is 0.0313. The largest absolute Gasteiger partial charge is 0.392 e. The Morgan fingerprint density at radius 3 is 2.79 bits per heavy atom. The van der Waals surface area contributed by atoms with Gasteiger partial charge in [-0.3, -0.25) is 0 Å². The number of aliphatic hydroxyl groups is 1. The van der Waals surface area contributed by atoms with Gasteiger partial charge >= 0.3 is 0 Å². The number of benzene rings is 1. The molecule has 0 atom stereocenters. The van der Waals surface area contributed by atoms with Crippen LogP contribution in [0.4, 0.5) is 0 Å². The molecule has 1 N–H and O–H groups in total. The summed E-state index contributed by atoms with van der Waals surface area (Å²) in [4.78, 5) is 4.57. The van der Waals surface area contributed by atoms with E-state index < -0.39 is 0 Å². The Balaban J connectivity index is 2.11. The van der Waals surface area contributed by atoms with Crippen molar-refractivity contribution in [2.45, 2.75) is 13.5 Å². The molecule has 0 spiro atoms. The van der Waals surface area contributed by atoms with Gasteiger partial charge in [0.15, 0.2) is 0 Å². The summed E-state index contributed by atoms with van der Waals surface area (Å²) in [6.07, 6.45) is 3.84. The predicted octanol–water partition coefficient (Wildman–Crippen LogP) is 3.46. The molecule has 96 valence electrons. The van der Waals surface area contributed by atoms with Gasteiger partial charge in [0.2, 0.25) is 0 Å². The van der Waals surface area contributed by atoms with Crippen LogP contribution in [0.15, 0.2) is 42.7 Å². The minimum Gasteiger partial charge on any atom is -0.392 e. The van der Waals surface area contributed by atoms with Gasteiger partial charge in [-0.05, 0) is 36.2 Å². The van der Waals surface area contributed by atoms with Crippen LogP contribution in [0.3, 0.4) is 0 Å². The van der Waals surface area contributed by atoms with Crippen LogP contribution in [0.2, 0.25) is 5.02 Å². The SMILES string of the molecule is Cc1cc(-c2cn3cc(CO)ccc3n2)ccc1Cl. The second-order valence-corrected chi connectivity index (χ2v) is 4.96. The number of rotatable bonds is 2. The molecule has 0 bridgehead atoms. The van der Waals surface area contributed by atoms with E-state index in [1.54, 1.807) is 0 Å². The number of aliphatic hydroxyl groups excluding tert-OH is 1. The molecule has 0 aliphatic rings. The van der Waals surface area contributed by atoms with E-state index >= 15 is 0 Å². The molecule has 3 aromatic rings. The molecule has 2 heterocycles. The lowest BCUT2D eigenvalue weighted by Crippen LogP contribution is -1.88. The minimum atomic E-state index is 0.0313. The van der Waals surface area contributed by atoms with Crippen LogP contribution >= 0.6 is 11.6 Å². The third kappa shape index (κ3) is 2.23. The van der Waals surface area contributed by atoms with E-state index in [0.29, 0.717) is 0 Å². The average Bonchev–Trinajstić information content (AvgIpc) is 2.84. The van der Waals surface area contributed by atoms with E-state index in [9.17, 15) is 0 Å². The number of aryl methyl sites for hydroxylation is 1. The zero-order chi connectivity index (χ0) is 13.4. The maximum Gasteiger partial charge on any atom is 0.137 e. The molecule has 3 nitrogen and oxygen atoms in total. The molecule has 0 aliphatic carbocycles. The highest BCUT2D eigenvalue weighted by Gasteiger charge is 2.06. The Labute approximate surface area is 116 Å². The Morgan fingerprint density at radius 2 is 2.05 bits per heavy atom. The third-order valence-corrected chi connectivity index (χ3v) is 3.57. The number of imidazole rings is 1. The van der Waals surface area contributed by atoms with Crippen LogP contribution in [0.25, 0.3) is 16.9 Å². The molecule has 4 heteroatoms.